The number of anilines is 1. The predicted molar refractivity (Wildman–Crippen MR) is 115 cm³/mol. The van der Waals surface area contributed by atoms with Crippen LogP contribution >= 0.6 is 11.6 Å². The summed E-state index contributed by atoms with van der Waals surface area (Å²) in [5.74, 6) is 0.312. The molecule has 172 valence electrons. The van der Waals surface area contributed by atoms with Gasteiger partial charge in [0, 0.05) is 30.5 Å². The van der Waals surface area contributed by atoms with Gasteiger partial charge in [-0.3, -0.25) is 13.9 Å². The summed E-state index contributed by atoms with van der Waals surface area (Å²) in [5.41, 5.74) is -0.326. The van der Waals surface area contributed by atoms with Gasteiger partial charge in [0.15, 0.2) is 10.8 Å². The highest BCUT2D eigenvalue weighted by Crippen LogP contribution is 2.30. The molecule has 1 saturated carbocycles. The zero-order chi connectivity index (χ0) is 23.0. The molecule has 1 amide bonds. The molecule has 1 aliphatic rings. The first-order chi connectivity index (χ1) is 15.1. The smallest absolute Gasteiger partial charge is 0.368 e. The second-order valence-corrected chi connectivity index (χ2v) is 8.69. The first-order valence-electron chi connectivity index (χ1n) is 10.5. The third-order valence-corrected chi connectivity index (χ3v) is 5.94. The van der Waals surface area contributed by atoms with Crippen molar-refractivity contribution in [3.8, 4) is 0 Å². The van der Waals surface area contributed by atoms with Gasteiger partial charge in [-0.25, -0.2) is 4.98 Å². The SMILES string of the molecule is CC(C)n1cc(C(=O)N[C@H]2CC[C@@H](Nc3cccc4nc(C(F)(F)F)cn34)CC2)c(Cl)n1. The van der Waals surface area contributed by atoms with Crippen LogP contribution in [0.4, 0.5) is 19.0 Å². The molecule has 7 nitrogen and oxygen atoms in total. The number of hydrogen-bond donors (Lipinski definition) is 2. The fourth-order valence-electron chi connectivity index (χ4n) is 3.91. The zero-order valence-corrected chi connectivity index (χ0v) is 18.4. The Labute approximate surface area is 188 Å². The molecule has 1 fully saturated rings. The molecule has 0 radical (unpaired) electrons. The van der Waals surface area contributed by atoms with Crippen LogP contribution in [0.15, 0.2) is 30.6 Å². The van der Waals surface area contributed by atoms with Gasteiger partial charge in [-0.15, -0.1) is 0 Å². The van der Waals surface area contributed by atoms with Crippen LogP contribution < -0.4 is 10.6 Å². The molecule has 32 heavy (non-hydrogen) atoms. The average Bonchev–Trinajstić information content (AvgIpc) is 3.34. The number of pyridine rings is 1. The summed E-state index contributed by atoms with van der Waals surface area (Å²) in [5, 5.41) is 10.7. The summed E-state index contributed by atoms with van der Waals surface area (Å²) in [6.45, 7) is 3.90. The van der Waals surface area contributed by atoms with Gasteiger partial charge in [-0.2, -0.15) is 18.3 Å². The first-order valence-corrected chi connectivity index (χ1v) is 10.9. The van der Waals surface area contributed by atoms with Crippen LogP contribution in [0.2, 0.25) is 5.15 Å². The van der Waals surface area contributed by atoms with Crippen molar-refractivity contribution in [2.45, 2.75) is 63.8 Å². The minimum Gasteiger partial charge on any atom is -0.368 e. The van der Waals surface area contributed by atoms with Gasteiger partial charge < -0.3 is 10.6 Å². The van der Waals surface area contributed by atoms with E-state index in [4.69, 9.17) is 11.6 Å². The number of fused-ring (bicyclic) bond motifs is 1. The second-order valence-electron chi connectivity index (χ2n) is 8.34. The number of carbonyl (C=O) groups excluding carboxylic acids is 1. The summed E-state index contributed by atoms with van der Waals surface area (Å²) in [7, 11) is 0. The quantitative estimate of drug-likeness (QED) is 0.556. The molecule has 0 spiro atoms. The molecule has 3 heterocycles. The van der Waals surface area contributed by atoms with Crippen molar-refractivity contribution in [2.75, 3.05) is 5.32 Å². The monoisotopic (exact) mass is 468 g/mol. The minimum atomic E-state index is -4.49. The number of amides is 1. The molecule has 4 rings (SSSR count). The molecule has 0 bridgehead atoms. The Morgan fingerprint density at radius 1 is 1.16 bits per heavy atom. The molecule has 11 heteroatoms. The van der Waals surface area contributed by atoms with Crippen molar-refractivity contribution in [1.82, 2.24) is 24.5 Å². The lowest BCUT2D eigenvalue weighted by molar-refractivity contribution is -0.140. The van der Waals surface area contributed by atoms with Crippen LogP contribution in [0, 0.1) is 0 Å². The van der Waals surface area contributed by atoms with E-state index in [0.717, 1.165) is 31.9 Å². The Kier molecular flexibility index (Phi) is 6.07. The lowest BCUT2D eigenvalue weighted by atomic mass is 9.91. The predicted octanol–water partition coefficient (Wildman–Crippen LogP) is 4.94. The molecule has 2 N–H and O–H groups in total. The van der Waals surface area contributed by atoms with Crippen molar-refractivity contribution >= 4 is 29.0 Å². The van der Waals surface area contributed by atoms with Crippen molar-refractivity contribution < 1.29 is 18.0 Å². The van der Waals surface area contributed by atoms with Crippen molar-refractivity contribution in [2.24, 2.45) is 0 Å². The van der Waals surface area contributed by atoms with E-state index in [0.29, 0.717) is 11.4 Å². The van der Waals surface area contributed by atoms with E-state index in [2.05, 4.69) is 20.7 Å². The largest absolute Gasteiger partial charge is 0.434 e. The van der Waals surface area contributed by atoms with Gasteiger partial charge in [0.1, 0.15) is 11.5 Å². The van der Waals surface area contributed by atoms with Gasteiger partial charge in [-0.05, 0) is 51.7 Å². The van der Waals surface area contributed by atoms with Crippen molar-refractivity contribution in [3.05, 3.63) is 47.0 Å². The summed E-state index contributed by atoms with van der Waals surface area (Å²) in [6.07, 6.45) is 1.18. The molecule has 0 atom stereocenters. The van der Waals surface area contributed by atoms with Crippen LogP contribution in [0.5, 0.6) is 0 Å². The molecule has 0 unspecified atom stereocenters. The number of alkyl halides is 3. The molecular formula is C21H24ClF3N6O. The first kappa shape index (κ1) is 22.4. The number of imidazole rings is 1. The van der Waals surface area contributed by atoms with Crippen molar-refractivity contribution in [1.29, 1.82) is 0 Å². The number of carbonyl (C=O) groups is 1. The molecule has 3 aromatic rings. The number of rotatable bonds is 5. The highest BCUT2D eigenvalue weighted by Gasteiger charge is 2.34. The maximum absolute atomic E-state index is 13.0. The molecular weight excluding hydrogens is 445 g/mol. The van der Waals surface area contributed by atoms with E-state index in [9.17, 15) is 18.0 Å². The molecule has 0 aromatic carbocycles. The molecule has 1 aliphatic carbocycles. The van der Waals surface area contributed by atoms with Gasteiger partial charge in [-0.1, -0.05) is 17.7 Å². The van der Waals surface area contributed by atoms with Gasteiger partial charge in [0.25, 0.3) is 5.91 Å². The molecule has 0 aliphatic heterocycles. The summed E-state index contributed by atoms with van der Waals surface area (Å²) in [4.78, 5) is 16.3. The minimum absolute atomic E-state index is 0.000106. The van der Waals surface area contributed by atoms with Crippen LogP contribution in [0.25, 0.3) is 5.65 Å². The van der Waals surface area contributed by atoms with Crippen LogP contribution in [0.3, 0.4) is 0 Å². The molecule has 0 saturated heterocycles. The Balaban J connectivity index is 1.36. The lowest BCUT2D eigenvalue weighted by Gasteiger charge is -2.30. The summed E-state index contributed by atoms with van der Waals surface area (Å²) < 4.78 is 42.1. The number of halogens is 4. The van der Waals surface area contributed by atoms with Gasteiger partial charge in [0.2, 0.25) is 0 Å². The lowest BCUT2D eigenvalue weighted by Crippen LogP contribution is -2.40. The molecule has 3 aromatic heterocycles. The average molecular weight is 469 g/mol. The number of nitrogens with one attached hydrogen (secondary N) is 2. The number of nitrogens with zero attached hydrogens (tertiary/aromatic N) is 4. The van der Waals surface area contributed by atoms with E-state index >= 15 is 0 Å². The van der Waals surface area contributed by atoms with E-state index < -0.39 is 11.9 Å². The topological polar surface area (TPSA) is 76.2 Å². The van der Waals surface area contributed by atoms with E-state index in [1.807, 2.05) is 13.8 Å². The third kappa shape index (κ3) is 4.69. The summed E-state index contributed by atoms with van der Waals surface area (Å²) >= 11 is 6.11. The number of aromatic nitrogens is 4. The second kappa shape index (κ2) is 8.65. The van der Waals surface area contributed by atoms with Crippen LogP contribution in [0.1, 0.15) is 61.6 Å². The Morgan fingerprint density at radius 3 is 2.47 bits per heavy atom. The van der Waals surface area contributed by atoms with E-state index in [1.165, 1.54) is 4.40 Å². The van der Waals surface area contributed by atoms with Gasteiger partial charge in [0.05, 0.1) is 5.56 Å². The summed E-state index contributed by atoms with van der Waals surface area (Å²) in [6, 6.07) is 5.13. The maximum atomic E-state index is 13.0. The maximum Gasteiger partial charge on any atom is 0.434 e. The third-order valence-electron chi connectivity index (χ3n) is 5.66. The van der Waals surface area contributed by atoms with E-state index in [-0.39, 0.29) is 34.8 Å². The van der Waals surface area contributed by atoms with Gasteiger partial charge >= 0.3 is 6.18 Å². The fraction of sp³-hybridized carbons (Fsp3) is 0.476. The van der Waals surface area contributed by atoms with E-state index in [1.54, 1.807) is 29.1 Å². The van der Waals surface area contributed by atoms with Crippen LogP contribution in [-0.2, 0) is 6.18 Å². The zero-order valence-electron chi connectivity index (χ0n) is 17.7. The Hall–Kier alpha value is -2.75. The Bertz CT molecular complexity index is 1110. The standard InChI is InChI=1S/C21H24ClF3N6O/c1-12(2)31-10-15(19(22)29-31)20(32)27-14-8-6-13(7-9-14)26-17-4-3-5-18-28-16(11-30(17)18)21(23,24)25/h3-5,10-14,26H,6-9H2,1-2H3,(H,27,32)/t13-,14+. The fourth-order valence-corrected chi connectivity index (χ4v) is 4.13. The van der Waals surface area contributed by atoms with Crippen molar-refractivity contribution in [3.63, 3.8) is 0 Å². The van der Waals surface area contributed by atoms with Crippen LogP contribution in [-0.4, -0.2) is 37.2 Å². The Morgan fingerprint density at radius 2 is 1.84 bits per heavy atom. The number of hydrogen-bond acceptors (Lipinski definition) is 4. The normalized spacial score (nSPS) is 19.5. The highest BCUT2D eigenvalue weighted by atomic mass is 35.5. The highest BCUT2D eigenvalue weighted by molar-refractivity contribution is 6.32.